The molecule has 0 aliphatic carbocycles. The number of aryl methyl sites for hydroxylation is 2. The van der Waals surface area contributed by atoms with E-state index >= 15 is 0 Å². The summed E-state index contributed by atoms with van der Waals surface area (Å²) in [6.45, 7) is 3.48. The molecule has 7 nitrogen and oxygen atoms in total. The number of nitrogens with one attached hydrogen (secondary N) is 2. The first-order chi connectivity index (χ1) is 11.8. The molecule has 2 rings (SSSR count). The maximum Gasteiger partial charge on any atom is 0.266 e. The molecule has 0 aromatic heterocycles. The summed E-state index contributed by atoms with van der Waals surface area (Å²) >= 11 is 0. The van der Waals surface area contributed by atoms with Crippen LogP contribution >= 0.6 is 0 Å². The molecule has 0 radical (unpaired) electrons. The summed E-state index contributed by atoms with van der Waals surface area (Å²) < 4.78 is 35.0. The van der Waals surface area contributed by atoms with Crippen molar-refractivity contribution >= 4 is 15.9 Å². The number of benzene rings is 2. The van der Waals surface area contributed by atoms with Gasteiger partial charge in [-0.1, -0.05) is 12.1 Å². The van der Waals surface area contributed by atoms with Gasteiger partial charge in [0, 0.05) is 5.56 Å². The fraction of sp³-hybridized carbons (Fsp3) is 0.235. The Morgan fingerprint density at radius 3 is 2.28 bits per heavy atom. The zero-order chi connectivity index (χ0) is 18.6. The fourth-order valence-corrected chi connectivity index (χ4v) is 3.38. The van der Waals surface area contributed by atoms with Crippen molar-refractivity contribution in [3.8, 4) is 11.5 Å². The van der Waals surface area contributed by atoms with Gasteiger partial charge in [0.05, 0.1) is 19.1 Å². The maximum atomic E-state index is 12.4. The highest BCUT2D eigenvalue weighted by molar-refractivity contribution is 7.89. The van der Waals surface area contributed by atoms with Crippen LogP contribution in [0.5, 0.6) is 11.5 Å². The molecular weight excluding hydrogens is 344 g/mol. The molecule has 2 aromatic rings. The van der Waals surface area contributed by atoms with Crippen molar-refractivity contribution in [2.24, 2.45) is 0 Å². The van der Waals surface area contributed by atoms with Crippen LogP contribution in [0.4, 0.5) is 0 Å². The quantitative estimate of drug-likeness (QED) is 0.764. The topological polar surface area (TPSA) is 93.7 Å². The first kappa shape index (κ1) is 18.8. The lowest BCUT2D eigenvalue weighted by Gasteiger charge is -2.12. The SMILES string of the molecule is COc1ccc(C(=O)NNS(=O)(=O)c2cc(C)ccc2C)cc1OC. The Morgan fingerprint density at radius 2 is 1.64 bits per heavy atom. The minimum absolute atomic E-state index is 0.111. The second kappa shape index (κ2) is 7.54. The van der Waals surface area contributed by atoms with Gasteiger partial charge in [-0.15, -0.1) is 4.83 Å². The highest BCUT2D eigenvalue weighted by Gasteiger charge is 2.19. The van der Waals surface area contributed by atoms with E-state index in [-0.39, 0.29) is 10.5 Å². The number of rotatable bonds is 6. The Labute approximate surface area is 147 Å². The molecule has 0 fully saturated rings. The summed E-state index contributed by atoms with van der Waals surface area (Å²) in [6, 6.07) is 9.59. The molecule has 25 heavy (non-hydrogen) atoms. The third kappa shape index (κ3) is 4.28. The van der Waals surface area contributed by atoms with Crippen LogP contribution in [-0.4, -0.2) is 28.5 Å². The lowest BCUT2D eigenvalue weighted by atomic mass is 10.2. The third-order valence-corrected chi connectivity index (χ3v) is 4.97. The van der Waals surface area contributed by atoms with E-state index < -0.39 is 15.9 Å². The molecule has 2 N–H and O–H groups in total. The van der Waals surface area contributed by atoms with Gasteiger partial charge in [-0.05, 0) is 49.2 Å². The summed E-state index contributed by atoms with van der Waals surface area (Å²) in [6.07, 6.45) is 0. The molecule has 0 spiro atoms. The lowest BCUT2D eigenvalue weighted by Crippen LogP contribution is -2.41. The van der Waals surface area contributed by atoms with E-state index in [4.69, 9.17) is 9.47 Å². The lowest BCUT2D eigenvalue weighted by molar-refractivity contribution is 0.0944. The van der Waals surface area contributed by atoms with Crippen molar-refractivity contribution < 1.29 is 22.7 Å². The molecular formula is C17H20N2O5S. The average molecular weight is 364 g/mol. The largest absolute Gasteiger partial charge is 0.493 e. The zero-order valence-electron chi connectivity index (χ0n) is 14.4. The minimum atomic E-state index is -3.88. The number of methoxy groups -OCH3 is 2. The molecule has 0 unspecified atom stereocenters. The Balaban J connectivity index is 2.17. The molecule has 0 atom stereocenters. The number of hydrazine groups is 1. The van der Waals surface area contributed by atoms with Gasteiger partial charge in [0.2, 0.25) is 0 Å². The smallest absolute Gasteiger partial charge is 0.266 e. The van der Waals surface area contributed by atoms with Crippen LogP contribution in [0.25, 0.3) is 0 Å². The van der Waals surface area contributed by atoms with E-state index in [0.717, 1.165) is 5.56 Å². The van der Waals surface area contributed by atoms with Crippen LogP contribution in [0.1, 0.15) is 21.5 Å². The summed E-state index contributed by atoms with van der Waals surface area (Å²) in [7, 11) is -0.954. The molecule has 2 aromatic carbocycles. The van der Waals surface area contributed by atoms with Gasteiger partial charge < -0.3 is 9.47 Å². The molecule has 0 heterocycles. The van der Waals surface area contributed by atoms with Gasteiger partial charge in [-0.3, -0.25) is 10.2 Å². The normalized spacial score (nSPS) is 11.0. The fourth-order valence-electron chi connectivity index (χ4n) is 2.21. The van der Waals surface area contributed by atoms with Crippen LogP contribution in [-0.2, 0) is 10.0 Å². The first-order valence-corrected chi connectivity index (χ1v) is 8.88. The van der Waals surface area contributed by atoms with E-state index in [0.29, 0.717) is 17.1 Å². The third-order valence-electron chi connectivity index (χ3n) is 3.58. The van der Waals surface area contributed by atoms with Crippen LogP contribution in [0.2, 0.25) is 0 Å². The summed E-state index contributed by atoms with van der Waals surface area (Å²) in [5.74, 6) is 0.220. The molecule has 0 aliphatic heterocycles. The molecule has 0 saturated heterocycles. The second-order valence-electron chi connectivity index (χ2n) is 5.40. The van der Waals surface area contributed by atoms with Crippen LogP contribution in [0, 0.1) is 13.8 Å². The van der Waals surface area contributed by atoms with E-state index in [2.05, 4.69) is 10.3 Å². The van der Waals surface area contributed by atoms with E-state index in [9.17, 15) is 13.2 Å². The van der Waals surface area contributed by atoms with Crippen molar-refractivity contribution in [3.63, 3.8) is 0 Å². The van der Waals surface area contributed by atoms with E-state index in [1.165, 1.54) is 26.4 Å². The first-order valence-electron chi connectivity index (χ1n) is 7.40. The van der Waals surface area contributed by atoms with Crippen molar-refractivity contribution in [1.82, 2.24) is 10.3 Å². The number of amides is 1. The van der Waals surface area contributed by atoms with Gasteiger partial charge in [0.1, 0.15) is 0 Å². The number of carbonyl (C=O) groups excluding carboxylic acids is 1. The number of ether oxygens (including phenoxy) is 2. The molecule has 8 heteroatoms. The average Bonchev–Trinajstić information content (AvgIpc) is 2.61. The number of sulfonamides is 1. The molecule has 0 saturated carbocycles. The Hall–Kier alpha value is -2.58. The molecule has 1 amide bonds. The summed E-state index contributed by atoms with van der Waals surface area (Å²) in [5.41, 5.74) is 3.81. The Morgan fingerprint density at radius 1 is 0.960 bits per heavy atom. The summed E-state index contributed by atoms with van der Waals surface area (Å²) in [4.78, 5) is 14.4. The maximum absolute atomic E-state index is 12.4. The van der Waals surface area contributed by atoms with Crippen molar-refractivity contribution in [1.29, 1.82) is 0 Å². The minimum Gasteiger partial charge on any atom is -0.493 e. The van der Waals surface area contributed by atoms with Gasteiger partial charge in [-0.2, -0.15) is 0 Å². The highest BCUT2D eigenvalue weighted by Crippen LogP contribution is 2.27. The Bertz CT molecular complexity index is 894. The second-order valence-corrected chi connectivity index (χ2v) is 7.05. The zero-order valence-corrected chi connectivity index (χ0v) is 15.2. The standard InChI is InChI=1S/C17H20N2O5S/c1-11-5-6-12(2)16(9-11)25(21,22)19-18-17(20)13-7-8-14(23-3)15(10-13)24-4/h5-10,19H,1-4H3,(H,18,20). The predicted molar refractivity (Wildman–Crippen MR) is 93.2 cm³/mol. The number of carbonyl (C=O) groups is 1. The van der Waals surface area contributed by atoms with Gasteiger partial charge in [-0.25, -0.2) is 8.42 Å². The predicted octanol–water partition coefficient (Wildman–Crippen LogP) is 1.94. The number of hydrogen-bond acceptors (Lipinski definition) is 5. The Kier molecular flexibility index (Phi) is 5.66. The monoisotopic (exact) mass is 364 g/mol. The van der Waals surface area contributed by atoms with Crippen LogP contribution in [0.15, 0.2) is 41.3 Å². The molecule has 0 aliphatic rings. The van der Waals surface area contributed by atoms with Gasteiger partial charge in [0.25, 0.3) is 15.9 Å². The molecule has 0 bridgehead atoms. The van der Waals surface area contributed by atoms with Crippen molar-refractivity contribution in [3.05, 3.63) is 53.1 Å². The van der Waals surface area contributed by atoms with E-state index in [1.54, 1.807) is 32.0 Å². The highest BCUT2D eigenvalue weighted by atomic mass is 32.2. The summed E-state index contributed by atoms with van der Waals surface area (Å²) in [5, 5.41) is 0. The van der Waals surface area contributed by atoms with E-state index in [1.807, 2.05) is 6.07 Å². The molecule has 134 valence electrons. The number of hydrogen-bond donors (Lipinski definition) is 2. The van der Waals surface area contributed by atoms with Crippen molar-refractivity contribution in [2.45, 2.75) is 18.7 Å². The van der Waals surface area contributed by atoms with Gasteiger partial charge in [0.15, 0.2) is 11.5 Å². The van der Waals surface area contributed by atoms with Crippen LogP contribution in [0.3, 0.4) is 0 Å². The van der Waals surface area contributed by atoms with Crippen molar-refractivity contribution in [2.75, 3.05) is 14.2 Å². The van der Waals surface area contributed by atoms with Gasteiger partial charge >= 0.3 is 0 Å². The van der Waals surface area contributed by atoms with Crippen LogP contribution < -0.4 is 19.7 Å².